The van der Waals surface area contributed by atoms with Crippen LogP contribution in [-0.4, -0.2) is 16.9 Å². The molecule has 3 rings (SSSR count). The molecule has 0 aromatic carbocycles. The van der Waals surface area contributed by atoms with E-state index in [0.717, 1.165) is 18.9 Å². The summed E-state index contributed by atoms with van der Waals surface area (Å²) in [4.78, 5) is 16.1. The molecule has 2 bridgehead atoms. The number of fused-ring (bicyclic) bond motifs is 2. The van der Waals surface area contributed by atoms with Gasteiger partial charge in [0, 0.05) is 6.04 Å². The predicted molar refractivity (Wildman–Crippen MR) is 84.5 cm³/mol. The highest BCUT2D eigenvalue weighted by molar-refractivity contribution is 5.95. The average molecular weight is 340 g/mol. The highest BCUT2D eigenvalue weighted by atomic mass is 19.4. The van der Waals surface area contributed by atoms with Gasteiger partial charge in [0.15, 0.2) is 0 Å². The van der Waals surface area contributed by atoms with Crippen LogP contribution >= 0.6 is 0 Å². The van der Waals surface area contributed by atoms with Crippen LogP contribution in [0.3, 0.4) is 0 Å². The fraction of sp³-hybridized carbons (Fsp3) is 0.667. The van der Waals surface area contributed by atoms with Crippen molar-refractivity contribution in [1.29, 1.82) is 0 Å². The Hall–Kier alpha value is -1.59. The molecule has 2 aliphatic rings. The molecule has 132 valence electrons. The molecule has 3 atom stereocenters. The van der Waals surface area contributed by atoms with Crippen LogP contribution in [0, 0.1) is 23.7 Å². The molecule has 0 spiro atoms. The Morgan fingerprint density at radius 3 is 2.42 bits per heavy atom. The van der Waals surface area contributed by atoms with E-state index in [4.69, 9.17) is 0 Å². The first-order valence-corrected chi connectivity index (χ1v) is 8.32. The van der Waals surface area contributed by atoms with Crippen molar-refractivity contribution in [3.05, 3.63) is 29.1 Å². The minimum atomic E-state index is -4.50. The van der Waals surface area contributed by atoms with Crippen LogP contribution < -0.4 is 5.32 Å². The Kier molecular flexibility index (Phi) is 3.74. The Bertz CT molecular complexity index is 683. The molecule has 1 heterocycles. The third kappa shape index (κ3) is 2.42. The van der Waals surface area contributed by atoms with E-state index in [0.29, 0.717) is 5.92 Å². The number of carbonyl (C=O) groups excluding carboxylic acids is 1. The molecule has 1 N–H and O–H groups in total. The predicted octanol–water partition coefficient (Wildman–Crippen LogP) is 4.35. The number of hydrogen-bond acceptors (Lipinski definition) is 2. The van der Waals surface area contributed by atoms with Gasteiger partial charge in [-0.1, -0.05) is 20.8 Å². The summed E-state index contributed by atoms with van der Waals surface area (Å²) in [5, 5.41) is 3.06. The van der Waals surface area contributed by atoms with Gasteiger partial charge in [-0.2, -0.15) is 13.2 Å². The molecule has 0 unspecified atom stereocenters. The third-order valence-corrected chi connectivity index (χ3v) is 6.72. The van der Waals surface area contributed by atoms with E-state index in [1.54, 1.807) is 0 Å². The fourth-order valence-corrected chi connectivity index (χ4v) is 4.62. The maximum Gasteiger partial charge on any atom is 0.433 e. The van der Waals surface area contributed by atoms with Crippen LogP contribution in [0.25, 0.3) is 0 Å². The summed E-state index contributed by atoms with van der Waals surface area (Å²) < 4.78 is 38.1. The van der Waals surface area contributed by atoms with Crippen molar-refractivity contribution < 1.29 is 18.0 Å². The lowest BCUT2D eigenvalue weighted by Crippen LogP contribution is -2.47. The van der Waals surface area contributed by atoms with E-state index < -0.39 is 11.9 Å². The van der Waals surface area contributed by atoms with Crippen molar-refractivity contribution >= 4 is 5.91 Å². The first-order valence-electron chi connectivity index (χ1n) is 8.32. The number of pyridine rings is 1. The topological polar surface area (TPSA) is 42.0 Å². The number of aryl methyl sites for hydroxylation is 1. The molecule has 2 saturated carbocycles. The van der Waals surface area contributed by atoms with Gasteiger partial charge in [-0.15, -0.1) is 0 Å². The molecule has 3 nitrogen and oxygen atoms in total. The lowest BCUT2D eigenvalue weighted by Gasteiger charge is -2.39. The molecule has 24 heavy (non-hydrogen) atoms. The van der Waals surface area contributed by atoms with Gasteiger partial charge in [-0.3, -0.25) is 4.79 Å². The molecular weight excluding hydrogens is 317 g/mol. The SMILES string of the molecule is Cc1nc(C(F)(F)F)ccc1C(=O)N[C@@H]1C[C@H]2CC[C@@]1(C)C2(C)C. The number of carbonyl (C=O) groups is 1. The van der Waals surface area contributed by atoms with Gasteiger partial charge in [0.1, 0.15) is 5.69 Å². The minimum absolute atomic E-state index is 0.0283. The van der Waals surface area contributed by atoms with Crippen LogP contribution in [0.5, 0.6) is 0 Å². The van der Waals surface area contributed by atoms with Crippen LogP contribution in [0.4, 0.5) is 13.2 Å². The summed E-state index contributed by atoms with van der Waals surface area (Å²) in [6.45, 7) is 8.16. The quantitative estimate of drug-likeness (QED) is 0.869. The van der Waals surface area contributed by atoms with E-state index >= 15 is 0 Å². The molecule has 2 aliphatic carbocycles. The van der Waals surface area contributed by atoms with Crippen molar-refractivity contribution in [1.82, 2.24) is 10.3 Å². The lowest BCUT2D eigenvalue weighted by atomic mass is 9.69. The smallest absolute Gasteiger partial charge is 0.349 e. The maximum atomic E-state index is 12.7. The number of alkyl halides is 3. The van der Waals surface area contributed by atoms with Gasteiger partial charge >= 0.3 is 6.18 Å². The van der Waals surface area contributed by atoms with E-state index in [1.807, 2.05) is 0 Å². The molecule has 0 saturated heterocycles. The monoisotopic (exact) mass is 340 g/mol. The number of nitrogens with zero attached hydrogens (tertiary/aromatic N) is 1. The molecule has 2 fully saturated rings. The second-order valence-corrected chi connectivity index (χ2v) is 7.96. The van der Waals surface area contributed by atoms with Gasteiger partial charge in [0.05, 0.1) is 11.3 Å². The highest BCUT2D eigenvalue weighted by Gasteiger charge is 2.61. The van der Waals surface area contributed by atoms with Gasteiger partial charge in [-0.05, 0) is 55.1 Å². The molecule has 1 aromatic heterocycles. The first kappa shape index (κ1) is 17.2. The second-order valence-electron chi connectivity index (χ2n) is 7.96. The molecular formula is C18H23F3N2O. The van der Waals surface area contributed by atoms with Gasteiger partial charge in [0.2, 0.25) is 0 Å². The van der Waals surface area contributed by atoms with Crippen molar-refractivity contribution in [3.8, 4) is 0 Å². The van der Waals surface area contributed by atoms with E-state index in [1.165, 1.54) is 19.4 Å². The Labute approximate surface area is 140 Å². The third-order valence-electron chi connectivity index (χ3n) is 6.72. The van der Waals surface area contributed by atoms with Gasteiger partial charge < -0.3 is 5.32 Å². The lowest BCUT2D eigenvalue weighted by molar-refractivity contribution is -0.141. The Morgan fingerprint density at radius 1 is 1.29 bits per heavy atom. The average Bonchev–Trinajstić information content (AvgIpc) is 2.79. The van der Waals surface area contributed by atoms with Crippen molar-refractivity contribution in [2.45, 2.75) is 59.2 Å². The maximum absolute atomic E-state index is 12.7. The Morgan fingerprint density at radius 2 is 1.96 bits per heavy atom. The fourth-order valence-electron chi connectivity index (χ4n) is 4.62. The number of rotatable bonds is 2. The van der Waals surface area contributed by atoms with Crippen LogP contribution in [0.1, 0.15) is 61.8 Å². The summed E-state index contributed by atoms with van der Waals surface area (Å²) in [5.41, 5.74) is -0.453. The van der Waals surface area contributed by atoms with Gasteiger partial charge in [0.25, 0.3) is 5.91 Å². The standard InChI is InChI=1S/C18H23F3N2O/c1-10-12(5-6-13(22-10)18(19,20)21)15(24)23-14-9-11-7-8-17(14,4)16(11,2)3/h5-6,11,14H,7-9H2,1-4H3,(H,23,24)/t11-,14-,17-/m1/s1. The summed E-state index contributed by atoms with van der Waals surface area (Å²) >= 11 is 0. The molecule has 0 radical (unpaired) electrons. The number of halogens is 3. The summed E-state index contributed by atoms with van der Waals surface area (Å²) in [7, 11) is 0. The Balaban J connectivity index is 1.80. The van der Waals surface area contributed by atoms with E-state index in [-0.39, 0.29) is 34.0 Å². The zero-order chi connectivity index (χ0) is 17.9. The zero-order valence-corrected chi connectivity index (χ0v) is 14.4. The summed E-state index contributed by atoms with van der Waals surface area (Å²) in [6, 6.07) is 2.15. The zero-order valence-electron chi connectivity index (χ0n) is 14.4. The van der Waals surface area contributed by atoms with Crippen molar-refractivity contribution in [2.75, 3.05) is 0 Å². The van der Waals surface area contributed by atoms with Gasteiger partial charge in [-0.25, -0.2) is 4.98 Å². The van der Waals surface area contributed by atoms with Crippen LogP contribution in [0.2, 0.25) is 0 Å². The number of nitrogens with one attached hydrogen (secondary N) is 1. The van der Waals surface area contributed by atoms with Crippen molar-refractivity contribution in [3.63, 3.8) is 0 Å². The van der Waals surface area contributed by atoms with Crippen LogP contribution in [0.15, 0.2) is 12.1 Å². The second kappa shape index (κ2) is 5.20. The molecule has 6 heteroatoms. The number of aromatic nitrogens is 1. The molecule has 1 aromatic rings. The largest absolute Gasteiger partial charge is 0.433 e. The van der Waals surface area contributed by atoms with Crippen molar-refractivity contribution in [2.24, 2.45) is 16.7 Å². The number of amides is 1. The van der Waals surface area contributed by atoms with Crippen LogP contribution in [-0.2, 0) is 6.18 Å². The summed E-state index contributed by atoms with van der Waals surface area (Å²) in [5.74, 6) is 0.253. The molecule has 1 amide bonds. The molecule has 0 aliphatic heterocycles. The first-order chi connectivity index (χ1) is 11.0. The van der Waals surface area contributed by atoms with E-state index in [2.05, 4.69) is 31.1 Å². The normalized spacial score (nSPS) is 31.3. The highest BCUT2D eigenvalue weighted by Crippen LogP contribution is 2.65. The summed E-state index contributed by atoms with van der Waals surface area (Å²) in [6.07, 6.45) is -1.32. The number of hydrogen-bond donors (Lipinski definition) is 1. The van der Waals surface area contributed by atoms with E-state index in [9.17, 15) is 18.0 Å². The minimum Gasteiger partial charge on any atom is -0.349 e.